The second-order valence-corrected chi connectivity index (χ2v) is 8.15. The van der Waals surface area contributed by atoms with Gasteiger partial charge >= 0.3 is 0 Å². The lowest BCUT2D eigenvalue weighted by Gasteiger charge is -2.38. The molecule has 3 aromatic rings. The lowest BCUT2D eigenvalue weighted by Crippen LogP contribution is -2.33. The molecule has 5 rings (SSSR count). The number of halogens is 2. The summed E-state index contributed by atoms with van der Waals surface area (Å²) >= 11 is 14.2. The molecule has 0 spiro atoms. The molecule has 0 bridgehead atoms. The van der Waals surface area contributed by atoms with E-state index in [1.54, 1.807) is 11.3 Å². The van der Waals surface area contributed by atoms with E-state index in [0.29, 0.717) is 10.0 Å². The Morgan fingerprint density at radius 2 is 1.92 bits per heavy atom. The number of hydrogen-bond donors (Lipinski definition) is 0. The molecule has 3 heterocycles. The summed E-state index contributed by atoms with van der Waals surface area (Å²) in [7, 11) is 0. The molecule has 0 fully saturated rings. The summed E-state index contributed by atoms with van der Waals surface area (Å²) in [6.45, 7) is 0. The molecule has 0 N–H and O–H groups in total. The molecule has 130 valence electrons. The second kappa shape index (κ2) is 6.31. The van der Waals surface area contributed by atoms with Crippen LogP contribution in [0.15, 0.2) is 65.1 Å². The van der Waals surface area contributed by atoms with E-state index >= 15 is 0 Å². The molecule has 2 aliphatic heterocycles. The summed E-state index contributed by atoms with van der Waals surface area (Å²) < 4.78 is 6.31. The van der Waals surface area contributed by atoms with Gasteiger partial charge in [-0.15, -0.1) is 11.3 Å². The molecular formula is C20H14Cl2N2OS. The third kappa shape index (κ3) is 2.69. The highest BCUT2D eigenvalue weighted by molar-refractivity contribution is 7.12. The van der Waals surface area contributed by atoms with E-state index in [4.69, 9.17) is 33.0 Å². The first-order chi connectivity index (χ1) is 12.7. The maximum absolute atomic E-state index is 6.31. The van der Waals surface area contributed by atoms with Crippen LogP contribution in [0.1, 0.15) is 34.7 Å². The van der Waals surface area contributed by atoms with Gasteiger partial charge in [0.25, 0.3) is 0 Å². The molecule has 2 atom stereocenters. The van der Waals surface area contributed by atoms with Crippen LogP contribution in [0.4, 0.5) is 0 Å². The van der Waals surface area contributed by atoms with Crippen LogP contribution in [0.5, 0.6) is 5.75 Å². The van der Waals surface area contributed by atoms with Crippen LogP contribution in [0.25, 0.3) is 0 Å². The Labute approximate surface area is 165 Å². The molecule has 0 saturated heterocycles. The average Bonchev–Trinajstić information content (AvgIpc) is 3.31. The van der Waals surface area contributed by atoms with E-state index in [1.807, 2.05) is 47.5 Å². The maximum atomic E-state index is 6.31. The minimum Gasteiger partial charge on any atom is -0.464 e. The van der Waals surface area contributed by atoms with Crippen molar-refractivity contribution in [3.8, 4) is 5.75 Å². The molecule has 26 heavy (non-hydrogen) atoms. The minimum atomic E-state index is -0.315. The molecule has 2 aromatic carbocycles. The van der Waals surface area contributed by atoms with Gasteiger partial charge in [0.1, 0.15) is 5.75 Å². The zero-order valence-corrected chi connectivity index (χ0v) is 15.9. The van der Waals surface area contributed by atoms with Gasteiger partial charge in [0.2, 0.25) is 6.23 Å². The Hall–Kier alpha value is -2.01. The lowest BCUT2D eigenvalue weighted by atomic mass is 9.97. The van der Waals surface area contributed by atoms with Gasteiger partial charge < -0.3 is 4.74 Å². The number of rotatable bonds is 2. The van der Waals surface area contributed by atoms with Gasteiger partial charge in [-0.05, 0) is 41.8 Å². The van der Waals surface area contributed by atoms with E-state index < -0.39 is 0 Å². The zero-order valence-electron chi connectivity index (χ0n) is 13.6. The van der Waals surface area contributed by atoms with Crippen molar-refractivity contribution in [2.24, 2.45) is 5.10 Å². The predicted octanol–water partition coefficient (Wildman–Crippen LogP) is 6.30. The second-order valence-electron chi connectivity index (χ2n) is 6.33. The fourth-order valence-corrected chi connectivity index (χ4v) is 4.63. The average molecular weight is 401 g/mol. The van der Waals surface area contributed by atoms with E-state index in [9.17, 15) is 0 Å². The summed E-state index contributed by atoms with van der Waals surface area (Å²) in [4.78, 5) is 1.19. The molecule has 0 radical (unpaired) electrons. The first-order valence-corrected chi connectivity index (χ1v) is 9.94. The highest BCUT2D eigenvalue weighted by Gasteiger charge is 2.41. The van der Waals surface area contributed by atoms with Crippen molar-refractivity contribution in [3.05, 3.63) is 86.0 Å². The normalized spacial score (nSPS) is 21.0. The highest BCUT2D eigenvalue weighted by Crippen LogP contribution is 2.48. The van der Waals surface area contributed by atoms with Crippen LogP contribution in [0, 0.1) is 0 Å². The van der Waals surface area contributed by atoms with Crippen molar-refractivity contribution >= 4 is 40.3 Å². The van der Waals surface area contributed by atoms with E-state index in [2.05, 4.69) is 17.5 Å². The summed E-state index contributed by atoms with van der Waals surface area (Å²) in [5.41, 5.74) is 3.14. The maximum Gasteiger partial charge on any atom is 0.213 e. The third-order valence-electron chi connectivity index (χ3n) is 4.69. The van der Waals surface area contributed by atoms with Crippen molar-refractivity contribution in [1.82, 2.24) is 5.01 Å². The van der Waals surface area contributed by atoms with Gasteiger partial charge in [0.05, 0.1) is 16.6 Å². The molecule has 0 aliphatic carbocycles. The van der Waals surface area contributed by atoms with Crippen molar-refractivity contribution in [2.75, 3.05) is 0 Å². The van der Waals surface area contributed by atoms with Crippen molar-refractivity contribution in [2.45, 2.75) is 18.7 Å². The van der Waals surface area contributed by atoms with Gasteiger partial charge in [-0.1, -0.05) is 41.4 Å². The van der Waals surface area contributed by atoms with Crippen LogP contribution in [0.2, 0.25) is 10.0 Å². The van der Waals surface area contributed by atoms with Crippen molar-refractivity contribution in [1.29, 1.82) is 0 Å². The van der Waals surface area contributed by atoms with E-state index in [-0.39, 0.29) is 12.3 Å². The third-order valence-corrected chi connectivity index (χ3v) is 6.08. The monoisotopic (exact) mass is 400 g/mol. The number of thiophene rings is 1. The number of benzene rings is 2. The van der Waals surface area contributed by atoms with E-state index in [0.717, 1.165) is 29.0 Å². The number of nitrogens with zero attached hydrogens (tertiary/aromatic N) is 2. The molecule has 0 saturated carbocycles. The van der Waals surface area contributed by atoms with Crippen molar-refractivity contribution in [3.63, 3.8) is 0 Å². The lowest BCUT2D eigenvalue weighted by molar-refractivity contribution is -0.0190. The van der Waals surface area contributed by atoms with Gasteiger partial charge in [-0.3, -0.25) is 0 Å². The number of hydrogen-bond acceptors (Lipinski definition) is 4. The smallest absolute Gasteiger partial charge is 0.213 e. The Morgan fingerprint density at radius 3 is 2.73 bits per heavy atom. The first kappa shape index (κ1) is 16.2. The molecule has 2 aliphatic rings. The topological polar surface area (TPSA) is 24.8 Å². The Morgan fingerprint density at radius 1 is 1.04 bits per heavy atom. The fraction of sp³-hybridized carbons (Fsp3) is 0.150. The summed E-state index contributed by atoms with van der Waals surface area (Å²) in [5, 5.41) is 10.4. The van der Waals surface area contributed by atoms with Crippen molar-refractivity contribution < 1.29 is 4.74 Å². The molecule has 3 nitrogen and oxygen atoms in total. The summed E-state index contributed by atoms with van der Waals surface area (Å²) in [5.74, 6) is 0.850. The Balaban J connectivity index is 1.63. The van der Waals surface area contributed by atoms with Gasteiger partial charge in [-0.2, -0.15) is 5.10 Å². The highest BCUT2D eigenvalue weighted by atomic mass is 35.5. The minimum absolute atomic E-state index is 0.0959. The Kier molecular flexibility index (Phi) is 3.92. The summed E-state index contributed by atoms with van der Waals surface area (Å²) in [6, 6.07) is 17.8. The van der Waals surface area contributed by atoms with Gasteiger partial charge in [-0.25, -0.2) is 5.01 Å². The molecule has 0 amide bonds. The standard InChI is InChI=1S/C20H14Cl2N2OS/c21-13-4-1-3-12(9-13)20-24-17(11-16(23-24)19-5-2-8-26-19)15-10-14(22)6-7-18(15)25-20/h1-10,17,20H,11H2/t17-,20+/m0/s1. The quantitative estimate of drug-likeness (QED) is 0.504. The van der Waals surface area contributed by atoms with Gasteiger partial charge in [0, 0.05) is 27.6 Å². The largest absolute Gasteiger partial charge is 0.464 e. The number of ether oxygens (including phenoxy) is 1. The fourth-order valence-electron chi connectivity index (χ4n) is 3.53. The van der Waals surface area contributed by atoms with Crippen LogP contribution in [0.3, 0.4) is 0 Å². The van der Waals surface area contributed by atoms with E-state index in [1.165, 1.54) is 4.88 Å². The molecular weight excluding hydrogens is 387 g/mol. The van der Waals surface area contributed by atoms with Crippen LogP contribution in [-0.2, 0) is 0 Å². The van der Waals surface area contributed by atoms with Crippen LogP contribution in [-0.4, -0.2) is 10.7 Å². The Bertz CT molecular complexity index is 1000. The predicted molar refractivity (Wildman–Crippen MR) is 106 cm³/mol. The molecule has 6 heteroatoms. The molecule has 1 aromatic heterocycles. The number of fused-ring (bicyclic) bond motifs is 3. The first-order valence-electron chi connectivity index (χ1n) is 8.30. The number of hydrazone groups is 1. The zero-order chi connectivity index (χ0) is 17.7. The molecule has 0 unspecified atom stereocenters. The van der Waals surface area contributed by atoms with Gasteiger partial charge in [0.15, 0.2) is 0 Å². The van der Waals surface area contributed by atoms with Crippen LogP contribution >= 0.6 is 34.5 Å². The van der Waals surface area contributed by atoms with Crippen LogP contribution < -0.4 is 4.74 Å². The summed E-state index contributed by atoms with van der Waals surface area (Å²) in [6.07, 6.45) is 0.513. The SMILES string of the molecule is Clc1cccc([C@H]2Oc3ccc(Cl)cc3[C@@H]3CC(c4cccs4)=NN23)c1.